The first kappa shape index (κ1) is 22.8. The Morgan fingerprint density at radius 2 is 2.00 bits per heavy atom. The summed E-state index contributed by atoms with van der Waals surface area (Å²) in [6, 6.07) is 8.64. The zero-order chi connectivity index (χ0) is 23.8. The minimum atomic E-state index is -0.300. The first-order valence-electron chi connectivity index (χ1n) is 11.9. The molecule has 180 valence electrons. The van der Waals surface area contributed by atoms with Crippen molar-refractivity contribution in [2.45, 2.75) is 18.8 Å². The molecule has 0 unspecified atom stereocenters. The number of aliphatic hydroxyl groups is 1. The minimum absolute atomic E-state index is 0.0117. The zero-order valence-corrected chi connectivity index (χ0v) is 19.6. The molecule has 1 aromatic carbocycles. The molecule has 0 bridgehead atoms. The molecule has 1 aliphatic carbocycles. The standard InChI is InChI=1S/C26H31FN4O3/c1-30(7-8-32)25(33)15-31-13-17-9-16(10-18(17)14-31)23-12-22-20(5-6-28-26(22)29-23)21-11-19(27)3-4-24(21)34-2/h3-6,11-12,16-18,32H,7-10,13-15H2,1-2H3,(H,28,29)/t16-,17+,18-. The third kappa shape index (κ3) is 4.28. The van der Waals surface area contributed by atoms with Crippen LogP contribution >= 0.6 is 0 Å². The summed E-state index contributed by atoms with van der Waals surface area (Å²) in [6.45, 7) is 2.65. The molecule has 2 aromatic heterocycles. The number of ether oxygens (including phenoxy) is 1. The number of amides is 1. The first-order valence-corrected chi connectivity index (χ1v) is 11.9. The average molecular weight is 467 g/mol. The van der Waals surface area contributed by atoms with E-state index in [0.717, 1.165) is 48.1 Å². The topological polar surface area (TPSA) is 81.7 Å². The Morgan fingerprint density at radius 1 is 1.24 bits per heavy atom. The van der Waals surface area contributed by atoms with Crippen LogP contribution in [0.5, 0.6) is 5.75 Å². The Hall–Kier alpha value is -2.97. The minimum Gasteiger partial charge on any atom is -0.496 e. The van der Waals surface area contributed by atoms with Gasteiger partial charge in [0, 0.05) is 49.5 Å². The number of aromatic nitrogens is 2. The fraction of sp³-hybridized carbons (Fsp3) is 0.462. The summed E-state index contributed by atoms with van der Waals surface area (Å²) in [5.74, 6) is 1.96. The summed E-state index contributed by atoms with van der Waals surface area (Å²) in [4.78, 5) is 24.2. The van der Waals surface area contributed by atoms with Crippen LogP contribution in [0.25, 0.3) is 22.2 Å². The van der Waals surface area contributed by atoms with Crippen molar-refractivity contribution in [2.24, 2.45) is 11.8 Å². The normalized spacial score (nSPS) is 22.3. The van der Waals surface area contributed by atoms with E-state index in [4.69, 9.17) is 9.84 Å². The van der Waals surface area contributed by atoms with Crippen molar-refractivity contribution in [1.29, 1.82) is 0 Å². The molecule has 0 radical (unpaired) electrons. The maximum absolute atomic E-state index is 14.0. The number of likely N-dealkylation sites (N-methyl/N-ethyl adjacent to an activating group) is 1. The molecular formula is C26H31FN4O3. The lowest BCUT2D eigenvalue weighted by atomic mass is 9.99. The monoisotopic (exact) mass is 466 g/mol. The van der Waals surface area contributed by atoms with Crippen LogP contribution in [-0.4, -0.2) is 77.7 Å². The van der Waals surface area contributed by atoms with Crippen LogP contribution in [0, 0.1) is 17.7 Å². The third-order valence-corrected chi connectivity index (χ3v) is 7.49. The summed E-state index contributed by atoms with van der Waals surface area (Å²) in [7, 11) is 3.33. The Kier molecular flexibility index (Phi) is 6.27. The lowest BCUT2D eigenvalue weighted by Crippen LogP contribution is -2.39. The van der Waals surface area contributed by atoms with E-state index >= 15 is 0 Å². The summed E-state index contributed by atoms with van der Waals surface area (Å²) >= 11 is 0. The SMILES string of the molecule is COc1ccc(F)cc1-c1ccnc2[nH]c([C@H]3C[C@@H]4CN(CC(=O)N(C)CCO)C[C@@H]4C3)cc12. The highest BCUT2D eigenvalue weighted by Crippen LogP contribution is 2.47. The van der Waals surface area contributed by atoms with E-state index < -0.39 is 0 Å². The van der Waals surface area contributed by atoms with Gasteiger partial charge in [-0.15, -0.1) is 0 Å². The van der Waals surface area contributed by atoms with E-state index in [0.29, 0.717) is 36.6 Å². The van der Waals surface area contributed by atoms with Crippen LogP contribution in [0.3, 0.4) is 0 Å². The van der Waals surface area contributed by atoms with Crippen LogP contribution in [0.1, 0.15) is 24.5 Å². The summed E-state index contributed by atoms with van der Waals surface area (Å²) in [5.41, 5.74) is 3.59. The van der Waals surface area contributed by atoms with Gasteiger partial charge in [-0.3, -0.25) is 9.69 Å². The molecule has 2 fully saturated rings. The number of pyridine rings is 1. The quantitative estimate of drug-likeness (QED) is 0.559. The number of likely N-dealkylation sites (tertiary alicyclic amines) is 1. The molecule has 2 N–H and O–H groups in total. The molecule has 1 amide bonds. The molecule has 1 saturated carbocycles. The highest BCUT2D eigenvalue weighted by molar-refractivity contribution is 5.95. The van der Waals surface area contributed by atoms with Crippen molar-refractivity contribution < 1.29 is 19.0 Å². The summed E-state index contributed by atoms with van der Waals surface area (Å²) in [6.07, 6.45) is 3.90. The predicted molar refractivity (Wildman–Crippen MR) is 128 cm³/mol. The van der Waals surface area contributed by atoms with Gasteiger partial charge >= 0.3 is 0 Å². The van der Waals surface area contributed by atoms with Crippen LogP contribution in [0.4, 0.5) is 4.39 Å². The summed E-state index contributed by atoms with van der Waals surface area (Å²) < 4.78 is 19.5. The number of methoxy groups -OCH3 is 1. The smallest absolute Gasteiger partial charge is 0.236 e. The van der Waals surface area contributed by atoms with E-state index in [2.05, 4.69) is 20.9 Å². The van der Waals surface area contributed by atoms with E-state index in [1.807, 2.05) is 6.07 Å². The van der Waals surface area contributed by atoms with Gasteiger partial charge in [0.2, 0.25) is 5.91 Å². The molecule has 3 heterocycles. The largest absolute Gasteiger partial charge is 0.496 e. The van der Waals surface area contributed by atoms with Crippen LogP contribution in [-0.2, 0) is 4.79 Å². The maximum atomic E-state index is 14.0. The molecule has 1 saturated heterocycles. The van der Waals surface area contributed by atoms with Crippen molar-refractivity contribution in [3.8, 4) is 16.9 Å². The Balaban J connectivity index is 1.32. The number of rotatable bonds is 7. The highest BCUT2D eigenvalue weighted by Gasteiger charge is 2.42. The molecule has 5 rings (SSSR count). The molecule has 2 aliphatic rings. The van der Waals surface area contributed by atoms with Gasteiger partial charge < -0.3 is 19.7 Å². The Morgan fingerprint density at radius 3 is 2.71 bits per heavy atom. The molecule has 1 aliphatic heterocycles. The fourth-order valence-electron chi connectivity index (χ4n) is 5.76. The van der Waals surface area contributed by atoms with E-state index in [1.54, 1.807) is 31.3 Å². The van der Waals surface area contributed by atoms with Gasteiger partial charge in [0.05, 0.1) is 20.3 Å². The Labute approximate surface area is 198 Å². The third-order valence-electron chi connectivity index (χ3n) is 7.49. The van der Waals surface area contributed by atoms with Gasteiger partial charge in [-0.25, -0.2) is 9.37 Å². The number of aromatic amines is 1. The number of hydrogen-bond donors (Lipinski definition) is 2. The van der Waals surface area contributed by atoms with Gasteiger partial charge in [0.15, 0.2) is 0 Å². The van der Waals surface area contributed by atoms with E-state index in [9.17, 15) is 9.18 Å². The molecule has 8 heteroatoms. The van der Waals surface area contributed by atoms with Gasteiger partial charge in [0.25, 0.3) is 0 Å². The average Bonchev–Trinajstić information content (AvgIpc) is 3.51. The van der Waals surface area contributed by atoms with Gasteiger partial charge in [0.1, 0.15) is 17.2 Å². The number of carbonyl (C=O) groups is 1. The number of H-pyrrole nitrogens is 1. The van der Waals surface area contributed by atoms with Crippen LogP contribution in [0.15, 0.2) is 36.5 Å². The molecule has 3 atom stereocenters. The molecular weight excluding hydrogens is 435 g/mol. The first-order chi connectivity index (χ1) is 16.5. The number of hydrogen-bond acceptors (Lipinski definition) is 5. The number of benzene rings is 1. The van der Waals surface area contributed by atoms with Crippen molar-refractivity contribution in [3.05, 3.63) is 48.0 Å². The summed E-state index contributed by atoms with van der Waals surface area (Å²) in [5, 5.41) is 10.0. The van der Waals surface area contributed by atoms with Crippen LogP contribution in [0.2, 0.25) is 0 Å². The van der Waals surface area contributed by atoms with Crippen molar-refractivity contribution in [3.63, 3.8) is 0 Å². The fourth-order valence-corrected chi connectivity index (χ4v) is 5.76. The lowest BCUT2D eigenvalue weighted by molar-refractivity contribution is -0.131. The number of fused-ring (bicyclic) bond motifs is 2. The number of nitrogens with one attached hydrogen (secondary N) is 1. The molecule has 3 aromatic rings. The van der Waals surface area contributed by atoms with Gasteiger partial charge in [-0.2, -0.15) is 0 Å². The maximum Gasteiger partial charge on any atom is 0.236 e. The Bertz CT molecular complexity index is 1180. The second-order valence-corrected chi connectivity index (χ2v) is 9.61. The van der Waals surface area contributed by atoms with Crippen molar-refractivity contribution >= 4 is 16.9 Å². The second-order valence-electron chi connectivity index (χ2n) is 9.61. The van der Waals surface area contributed by atoms with Crippen molar-refractivity contribution in [2.75, 3.05) is 46.9 Å². The predicted octanol–water partition coefficient (Wildman–Crippen LogP) is 3.25. The van der Waals surface area contributed by atoms with Gasteiger partial charge in [-0.1, -0.05) is 0 Å². The zero-order valence-electron chi connectivity index (χ0n) is 19.6. The van der Waals surface area contributed by atoms with Gasteiger partial charge in [-0.05, 0) is 66.5 Å². The van der Waals surface area contributed by atoms with Crippen molar-refractivity contribution in [1.82, 2.24) is 19.8 Å². The number of carbonyl (C=O) groups excluding carboxylic acids is 1. The molecule has 7 nitrogen and oxygen atoms in total. The second kappa shape index (κ2) is 9.35. The van der Waals surface area contributed by atoms with Crippen LogP contribution < -0.4 is 4.74 Å². The molecule has 0 spiro atoms. The number of nitrogens with zero attached hydrogens (tertiary/aromatic N) is 3. The number of halogens is 1. The van der Waals surface area contributed by atoms with E-state index in [1.165, 1.54) is 17.8 Å². The number of aliphatic hydroxyl groups excluding tert-OH is 1. The highest BCUT2D eigenvalue weighted by atomic mass is 19.1. The molecule has 34 heavy (non-hydrogen) atoms. The lowest BCUT2D eigenvalue weighted by Gasteiger charge is -2.22. The van der Waals surface area contributed by atoms with E-state index in [-0.39, 0.29) is 18.3 Å².